The van der Waals surface area contributed by atoms with Crippen LogP contribution < -0.4 is 4.72 Å². The molecule has 26 heavy (non-hydrogen) atoms. The number of hydrogen-bond donors (Lipinski definition) is 1. The molecular weight excluding hydrogens is 362 g/mol. The van der Waals surface area contributed by atoms with Gasteiger partial charge in [-0.15, -0.1) is 0 Å². The highest BCUT2D eigenvalue weighted by atomic mass is 32.2. The largest absolute Gasteiger partial charge is 0.465 e. The van der Waals surface area contributed by atoms with E-state index in [1.807, 2.05) is 0 Å². The highest BCUT2D eigenvalue weighted by Crippen LogP contribution is 2.11. The lowest BCUT2D eigenvalue weighted by Crippen LogP contribution is -2.50. The second kappa shape index (κ2) is 8.97. The van der Waals surface area contributed by atoms with Crippen molar-refractivity contribution in [1.82, 2.24) is 14.5 Å². The molecule has 0 aromatic heterocycles. The zero-order chi connectivity index (χ0) is 19.2. The topological polar surface area (TPSA) is 105 Å². The van der Waals surface area contributed by atoms with E-state index < -0.39 is 16.0 Å². The molecule has 1 saturated heterocycles. The van der Waals surface area contributed by atoms with Gasteiger partial charge in [0.25, 0.3) is 0 Å². The summed E-state index contributed by atoms with van der Waals surface area (Å²) in [5, 5.41) is 0. The molecular formula is C16H23N3O6S. The van der Waals surface area contributed by atoms with Gasteiger partial charge >= 0.3 is 12.1 Å². The molecule has 0 spiro atoms. The van der Waals surface area contributed by atoms with Gasteiger partial charge in [-0.2, -0.15) is 0 Å². The predicted molar refractivity (Wildman–Crippen MR) is 93.4 cm³/mol. The van der Waals surface area contributed by atoms with Crippen molar-refractivity contribution in [3.8, 4) is 0 Å². The fourth-order valence-electron chi connectivity index (χ4n) is 2.59. The van der Waals surface area contributed by atoms with Crippen LogP contribution in [0, 0.1) is 0 Å². The lowest BCUT2D eigenvalue weighted by atomic mass is 10.2. The van der Waals surface area contributed by atoms with Crippen molar-refractivity contribution in [2.75, 3.05) is 53.5 Å². The van der Waals surface area contributed by atoms with Crippen LogP contribution in [0.15, 0.2) is 29.2 Å². The Kier molecular flexibility index (Phi) is 6.95. The summed E-state index contributed by atoms with van der Waals surface area (Å²) in [4.78, 5) is 26.6. The molecule has 0 saturated carbocycles. The Balaban J connectivity index is 1.82. The second-order valence-electron chi connectivity index (χ2n) is 5.71. The van der Waals surface area contributed by atoms with Crippen molar-refractivity contribution < 1.29 is 27.5 Å². The number of hydrogen-bond acceptors (Lipinski definition) is 7. The fraction of sp³-hybridized carbons (Fsp3) is 0.500. The molecule has 1 N–H and O–H groups in total. The van der Waals surface area contributed by atoms with Gasteiger partial charge in [0.2, 0.25) is 10.0 Å². The van der Waals surface area contributed by atoms with E-state index in [1.54, 1.807) is 4.90 Å². The summed E-state index contributed by atoms with van der Waals surface area (Å²) < 4.78 is 36.4. The number of esters is 1. The van der Waals surface area contributed by atoms with Gasteiger partial charge in [0.1, 0.15) is 0 Å². The van der Waals surface area contributed by atoms with Crippen LogP contribution in [0.5, 0.6) is 0 Å². The van der Waals surface area contributed by atoms with E-state index in [-0.39, 0.29) is 23.1 Å². The normalized spacial score (nSPS) is 15.5. The van der Waals surface area contributed by atoms with Crippen LogP contribution in [0.25, 0.3) is 0 Å². The maximum atomic E-state index is 12.3. The maximum absolute atomic E-state index is 12.3. The molecule has 0 unspecified atom stereocenters. The first kappa shape index (κ1) is 20.1. The van der Waals surface area contributed by atoms with Crippen LogP contribution in [0.4, 0.5) is 4.79 Å². The zero-order valence-electron chi connectivity index (χ0n) is 14.8. The number of carbonyl (C=O) groups excluding carboxylic acids is 2. The minimum absolute atomic E-state index is 0.0839. The van der Waals surface area contributed by atoms with E-state index in [0.29, 0.717) is 32.7 Å². The average molecular weight is 385 g/mol. The van der Waals surface area contributed by atoms with Crippen LogP contribution in [0.3, 0.4) is 0 Å². The van der Waals surface area contributed by atoms with Gasteiger partial charge in [0.15, 0.2) is 0 Å². The number of amides is 1. The summed E-state index contributed by atoms with van der Waals surface area (Å²) in [6.07, 6.45) is -0.347. The number of nitrogens with one attached hydrogen (secondary N) is 1. The first-order valence-electron chi connectivity index (χ1n) is 8.10. The fourth-order valence-corrected chi connectivity index (χ4v) is 3.61. The molecule has 1 aromatic carbocycles. The van der Waals surface area contributed by atoms with Crippen molar-refractivity contribution in [1.29, 1.82) is 0 Å². The minimum Gasteiger partial charge on any atom is -0.465 e. The quantitative estimate of drug-likeness (QED) is 0.694. The van der Waals surface area contributed by atoms with Gasteiger partial charge in [0, 0.05) is 39.3 Å². The zero-order valence-corrected chi connectivity index (χ0v) is 15.6. The summed E-state index contributed by atoms with van der Waals surface area (Å²) in [6.45, 7) is 3.20. The van der Waals surface area contributed by atoms with Crippen LogP contribution >= 0.6 is 0 Å². The highest BCUT2D eigenvalue weighted by Gasteiger charge is 2.22. The molecule has 1 fully saturated rings. The van der Waals surface area contributed by atoms with Gasteiger partial charge in [-0.1, -0.05) is 0 Å². The third-order valence-electron chi connectivity index (χ3n) is 4.11. The van der Waals surface area contributed by atoms with E-state index in [0.717, 1.165) is 0 Å². The number of ether oxygens (including phenoxy) is 2. The third-order valence-corrected chi connectivity index (χ3v) is 5.59. The van der Waals surface area contributed by atoms with Crippen molar-refractivity contribution in [3.63, 3.8) is 0 Å². The Labute approximate surface area is 152 Å². The van der Waals surface area contributed by atoms with E-state index in [1.165, 1.54) is 38.5 Å². The summed E-state index contributed by atoms with van der Waals surface area (Å²) >= 11 is 0. The van der Waals surface area contributed by atoms with Crippen LogP contribution in [0.1, 0.15) is 10.4 Å². The molecule has 144 valence electrons. The molecule has 1 aliphatic rings. The summed E-state index contributed by atoms with van der Waals surface area (Å²) in [6, 6.07) is 5.55. The maximum Gasteiger partial charge on any atom is 0.409 e. The molecule has 1 aromatic rings. The van der Waals surface area contributed by atoms with Gasteiger partial charge < -0.3 is 14.4 Å². The van der Waals surface area contributed by atoms with E-state index in [9.17, 15) is 18.0 Å². The monoisotopic (exact) mass is 385 g/mol. The number of nitrogens with zero attached hydrogens (tertiary/aromatic N) is 2. The van der Waals surface area contributed by atoms with Crippen molar-refractivity contribution in [3.05, 3.63) is 29.8 Å². The molecule has 0 radical (unpaired) electrons. The van der Waals surface area contributed by atoms with Gasteiger partial charge in [0.05, 0.1) is 24.7 Å². The lowest BCUT2D eigenvalue weighted by molar-refractivity contribution is 0.0600. The summed E-state index contributed by atoms with van der Waals surface area (Å²) in [7, 11) is -1.04. The van der Waals surface area contributed by atoms with Gasteiger partial charge in [-0.25, -0.2) is 22.7 Å². The van der Waals surface area contributed by atoms with E-state index >= 15 is 0 Å². The van der Waals surface area contributed by atoms with Crippen molar-refractivity contribution >= 4 is 22.1 Å². The number of rotatable bonds is 6. The molecule has 9 nitrogen and oxygen atoms in total. The molecule has 0 bridgehead atoms. The third kappa shape index (κ3) is 5.16. The SMILES string of the molecule is COC(=O)c1ccc(S(=O)(=O)NCCN2CCN(C(=O)OC)CC2)cc1. The Bertz CT molecular complexity index is 727. The van der Waals surface area contributed by atoms with Crippen LogP contribution in [0.2, 0.25) is 0 Å². The Morgan fingerprint density at radius 2 is 1.65 bits per heavy atom. The predicted octanol–water partition coefficient (Wildman–Crippen LogP) is 0.136. The molecule has 1 aliphatic heterocycles. The molecule has 1 amide bonds. The molecule has 0 atom stereocenters. The summed E-state index contributed by atoms with van der Waals surface area (Å²) in [5.41, 5.74) is 0.287. The van der Waals surface area contributed by atoms with E-state index in [2.05, 4.69) is 19.1 Å². The molecule has 10 heteroatoms. The molecule has 2 rings (SSSR count). The number of methoxy groups -OCH3 is 2. The number of carbonyl (C=O) groups is 2. The smallest absolute Gasteiger partial charge is 0.409 e. The number of sulfonamides is 1. The van der Waals surface area contributed by atoms with Gasteiger partial charge in [-0.3, -0.25) is 4.90 Å². The molecule has 1 heterocycles. The Morgan fingerprint density at radius 3 is 2.19 bits per heavy atom. The minimum atomic E-state index is -3.65. The summed E-state index contributed by atoms with van der Waals surface area (Å²) in [5.74, 6) is -0.520. The number of piperazine rings is 1. The lowest BCUT2D eigenvalue weighted by Gasteiger charge is -2.33. The Hall–Kier alpha value is -2.17. The second-order valence-corrected chi connectivity index (χ2v) is 7.48. The standard InChI is InChI=1S/C16H23N3O6S/c1-24-15(20)13-3-5-14(6-4-13)26(22,23)17-7-8-18-9-11-19(12-10-18)16(21)25-2/h3-6,17H,7-12H2,1-2H3. The highest BCUT2D eigenvalue weighted by molar-refractivity contribution is 7.89. The number of benzene rings is 1. The van der Waals surface area contributed by atoms with Crippen molar-refractivity contribution in [2.45, 2.75) is 4.90 Å². The average Bonchev–Trinajstić information content (AvgIpc) is 2.67. The first-order chi connectivity index (χ1) is 12.4. The van der Waals surface area contributed by atoms with Crippen LogP contribution in [-0.2, 0) is 19.5 Å². The van der Waals surface area contributed by atoms with Crippen LogP contribution in [-0.4, -0.2) is 83.8 Å². The van der Waals surface area contributed by atoms with E-state index in [4.69, 9.17) is 0 Å². The van der Waals surface area contributed by atoms with Crippen molar-refractivity contribution in [2.24, 2.45) is 0 Å². The Morgan fingerprint density at radius 1 is 1.04 bits per heavy atom. The first-order valence-corrected chi connectivity index (χ1v) is 9.59. The molecule has 0 aliphatic carbocycles. The van der Waals surface area contributed by atoms with Gasteiger partial charge in [-0.05, 0) is 24.3 Å².